The van der Waals surface area contributed by atoms with Gasteiger partial charge in [-0.05, 0) is 17.7 Å². The van der Waals surface area contributed by atoms with Crippen molar-refractivity contribution in [2.75, 3.05) is 20.1 Å². The number of nitrogens with one attached hydrogen (secondary N) is 1. The molecule has 1 heterocycles. The highest BCUT2D eigenvalue weighted by molar-refractivity contribution is 6.30. The Kier molecular flexibility index (Phi) is 3.46. The summed E-state index contributed by atoms with van der Waals surface area (Å²) in [4.78, 5) is 13.5. The first-order valence-electron chi connectivity index (χ1n) is 5.40. The first kappa shape index (κ1) is 11.4. The Hall–Kier alpha value is -1.06. The quantitative estimate of drug-likeness (QED) is 0.810. The monoisotopic (exact) mass is 238 g/mol. The molecule has 1 atom stereocenters. The summed E-state index contributed by atoms with van der Waals surface area (Å²) in [7, 11) is 1.85. The Balaban J connectivity index is 2.27. The number of hydrogen-bond acceptors (Lipinski definition) is 2. The van der Waals surface area contributed by atoms with Gasteiger partial charge in [0.25, 0.3) is 0 Å². The van der Waals surface area contributed by atoms with Crippen LogP contribution >= 0.6 is 11.6 Å². The van der Waals surface area contributed by atoms with Crippen molar-refractivity contribution in [3.05, 3.63) is 34.9 Å². The number of hydrogen-bond donors (Lipinski definition) is 1. The van der Waals surface area contributed by atoms with Crippen molar-refractivity contribution < 1.29 is 4.79 Å². The highest BCUT2D eigenvalue weighted by atomic mass is 35.5. The zero-order chi connectivity index (χ0) is 11.5. The van der Waals surface area contributed by atoms with E-state index in [0.29, 0.717) is 11.4 Å². The molecule has 1 amide bonds. The summed E-state index contributed by atoms with van der Waals surface area (Å²) in [5.74, 6) is 0.176. The highest BCUT2D eigenvalue weighted by Gasteiger charge is 2.23. The molecule has 4 heteroatoms. The van der Waals surface area contributed by atoms with E-state index in [9.17, 15) is 4.79 Å². The normalized spacial score (nSPS) is 22.0. The van der Waals surface area contributed by atoms with Crippen LogP contribution in [0.4, 0.5) is 0 Å². The van der Waals surface area contributed by atoms with Crippen LogP contribution in [0.5, 0.6) is 0 Å². The lowest BCUT2D eigenvalue weighted by molar-refractivity contribution is -0.131. The van der Waals surface area contributed by atoms with Gasteiger partial charge < -0.3 is 10.2 Å². The fourth-order valence-corrected chi connectivity index (χ4v) is 2.18. The third-order valence-electron chi connectivity index (χ3n) is 2.95. The summed E-state index contributed by atoms with van der Waals surface area (Å²) in [6.07, 6.45) is 0.563. The molecule has 0 saturated carbocycles. The van der Waals surface area contributed by atoms with E-state index in [0.717, 1.165) is 18.7 Å². The summed E-state index contributed by atoms with van der Waals surface area (Å²) in [6.45, 7) is 1.53. The lowest BCUT2D eigenvalue weighted by Gasteiger charge is -2.26. The van der Waals surface area contributed by atoms with E-state index < -0.39 is 0 Å². The molecule has 0 radical (unpaired) electrons. The van der Waals surface area contributed by atoms with Gasteiger partial charge in [-0.15, -0.1) is 0 Å². The van der Waals surface area contributed by atoms with Crippen LogP contribution in [0, 0.1) is 0 Å². The van der Waals surface area contributed by atoms with Gasteiger partial charge in [0.1, 0.15) is 0 Å². The molecule has 0 aliphatic carbocycles. The molecule has 2 rings (SSSR count). The van der Waals surface area contributed by atoms with Crippen molar-refractivity contribution in [3.63, 3.8) is 0 Å². The molecule has 0 bridgehead atoms. The molecule has 1 aromatic carbocycles. The Morgan fingerprint density at radius 1 is 1.50 bits per heavy atom. The Labute approximate surface area is 100 Å². The first-order chi connectivity index (χ1) is 7.68. The molecule has 1 fully saturated rings. The van der Waals surface area contributed by atoms with Gasteiger partial charge in [0.15, 0.2) is 0 Å². The van der Waals surface area contributed by atoms with Crippen LogP contribution in [0.2, 0.25) is 5.02 Å². The molecule has 1 unspecified atom stereocenters. The molecule has 1 aliphatic heterocycles. The predicted molar refractivity (Wildman–Crippen MR) is 64.4 cm³/mol. The number of rotatable bonds is 1. The smallest absolute Gasteiger partial charge is 0.224 e. The number of likely N-dealkylation sites (N-methyl/N-ethyl adjacent to an activating group) is 1. The molecule has 3 nitrogen and oxygen atoms in total. The van der Waals surface area contributed by atoms with Gasteiger partial charge in [-0.1, -0.05) is 23.7 Å². The maximum absolute atomic E-state index is 11.7. The second-order valence-corrected chi connectivity index (χ2v) is 4.47. The van der Waals surface area contributed by atoms with Gasteiger partial charge in [-0.25, -0.2) is 0 Å². The van der Waals surface area contributed by atoms with Crippen molar-refractivity contribution >= 4 is 17.5 Å². The lowest BCUT2D eigenvalue weighted by atomic mass is 10.1. The average Bonchev–Trinajstić information content (AvgIpc) is 2.42. The standard InChI is InChI=1S/C12H15ClN2O/c1-15-11(8-14-6-5-12(15)16)9-3-2-4-10(13)7-9/h2-4,7,11,14H,5-6,8H2,1H3. The van der Waals surface area contributed by atoms with E-state index in [4.69, 9.17) is 11.6 Å². The topological polar surface area (TPSA) is 32.3 Å². The minimum atomic E-state index is 0.0775. The minimum absolute atomic E-state index is 0.0775. The largest absolute Gasteiger partial charge is 0.337 e. The number of nitrogens with zero attached hydrogens (tertiary/aromatic N) is 1. The number of benzene rings is 1. The maximum atomic E-state index is 11.7. The number of halogens is 1. The average molecular weight is 239 g/mol. The second kappa shape index (κ2) is 4.85. The minimum Gasteiger partial charge on any atom is -0.337 e. The highest BCUT2D eigenvalue weighted by Crippen LogP contribution is 2.23. The zero-order valence-corrected chi connectivity index (χ0v) is 10.00. The number of amides is 1. The van der Waals surface area contributed by atoms with Crippen molar-refractivity contribution in [2.24, 2.45) is 0 Å². The van der Waals surface area contributed by atoms with Crippen LogP contribution in [0.1, 0.15) is 18.0 Å². The zero-order valence-electron chi connectivity index (χ0n) is 9.24. The summed E-state index contributed by atoms with van der Waals surface area (Å²) in [5, 5.41) is 3.98. The Bertz CT molecular complexity index is 394. The maximum Gasteiger partial charge on any atom is 0.224 e. The Morgan fingerprint density at radius 2 is 2.31 bits per heavy atom. The van der Waals surface area contributed by atoms with Gasteiger partial charge >= 0.3 is 0 Å². The summed E-state index contributed by atoms with van der Waals surface area (Å²) >= 11 is 5.97. The van der Waals surface area contributed by atoms with Crippen LogP contribution < -0.4 is 5.32 Å². The molecule has 1 N–H and O–H groups in total. The van der Waals surface area contributed by atoms with Crippen molar-refractivity contribution in [1.29, 1.82) is 0 Å². The Morgan fingerprint density at radius 3 is 3.06 bits per heavy atom. The number of carbonyl (C=O) groups is 1. The van der Waals surface area contributed by atoms with Crippen LogP contribution in [0.3, 0.4) is 0 Å². The summed E-state index contributed by atoms with van der Waals surface area (Å²) < 4.78 is 0. The number of carbonyl (C=O) groups excluding carboxylic acids is 1. The summed E-state index contributed by atoms with van der Waals surface area (Å²) in [6, 6.07) is 7.77. The van der Waals surface area contributed by atoms with E-state index in [1.807, 2.05) is 31.3 Å². The molecule has 1 saturated heterocycles. The second-order valence-electron chi connectivity index (χ2n) is 4.03. The van der Waals surface area contributed by atoms with Crippen LogP contribution in [-0.4, -0.2) is 30.9 Å². The van der Waals surface area contributed by atoms with Crippen LogP contribution in [-0.2, 0) is 4.79 Å². The van der Waals surface area contributed by atoms with E-state index >= 15 is 0 Å². The van der Waals surface area contributed by atoms with Gasteiger partial charge in [0.05, 0.1) is 6.04 Å². The third-order valence-corrected chi connectivity index (χ3v) is 3.18. The molecule has 1 aliphatic rings. The van der Waals surface area contributed by atoms with E-state index in [1.165, 1.54) is 0 Å². The van der Waals surface area contributed by atoms with Gasteiger partial charge in [-0.3, -0.25) is 4.79 Å². The molecule has 86 valence electrons. The third kappa shape index (κ3) is 2.36. The van der Waals surface area contributed by atoms with E-state index in [-0.39, 0.29) is 11.9 Å². The molecular weight excluding hydrogens is 224 g/mol. The predicted octanol–water partition coefficient (Wildman–Crippen LogP) is 1.83. The van der Waals surface area contributed by atoms with Gasteiger partial charge in [0, 0.05) is 31.6 Å². The van der Waals surface area contributed by atoms with Crippen LogP contribution in [0.15, 0.2) is 24.3 Å². The van der Waals surface area contributed by atoms with Crippen molar-refractivity contribution in [2.45, 2.75) is 12.5 Å². The van der Waals surface area contributed by atoms with E-state index in [1.54, 1.807) is 4.90 Å². The van der Waals surface area contributed by atoms with Crippen molar-refractivity contribution in [3.8, 4) is 0 Å². The molecular formula is C12H15ClN2O. The molecule has 1 aromatic rings. The summed E-state index contributed by atoms with van der Waals surface area (Å²) in [5.41, 5.74) is 1.08. The lowest BCUT2D eigenvalue weighted by Crippen LogP contribution is -2.32. The fraction of sp³-hybridized carbons (Fsp3) is 0.417. The fourth-order valence-electron chi connectivity index (χ4n) is 1.98. The molecule has 0 aromatic heterocycles. The van der Waals surface area contributed by atoms with Gasteiger partial charge in [0.2, 0.25) is 5.91 Å². The van der Waals surface area contributed by atoms with E-state index in [2.05, 4.69) is 5.32 Å². The molecule has 16 heavy (non-hydrogen) atoms. The molecule has 0 spiro atoms. The first-order valence-corrected chi connectivity index (χ1v) is 5.78. The SMILES string of the molecule is CN1C(=O)CCNCC1c1cccc(Cl)c1. The van der Waals surface area contributed by atoms with Crippen molar-refractivity contribution in [1.82, 2.24) is 10.2 Å². The van der Waals surface area contributed by atoms with Crippen LogP contribution in [0.25, 0.3) is 0 Å². The van der Waals surface area contributed by atoms with Gasteiger partial charge in [-0.2, -0.15) is 0 Å².